The minimum atomic E-state index is -0.954. The molecule has 0 aliphatic carbocycles. The number of carbonyl (C=O) groups excluding carboxylic acids is 3. The lowest BCUT2D eigenvalue weighted by Crippen LogP contribution is -2.27. The number of methoxy groups -OCH3 is 1. The summed E-state index contributed by atoms with van der Waals surface area (Å²) in [6.45, 7) is 8.86. The molecule has 6 heteroatoms. The number of hydrogen-bond acceptors (Lipinski definition) is 5. The van der Waals surface area contributed by atoms with Crippen LogP contribution in [0.1, 0.15) is 54.0 Å². The Morgan fingerprint density at radius 3 is 2.10 bits per heavy atom. The Balaban J connectivity index is 2.04. The molecule has 1 amide bonds. The molecule has 0 saturated heterocycles. The van der Waals surface area contributed by atoms with E-state index in [9.17, 15) is 14.4 Å². The smallest absolute Gasteiger partial charge is 0.338 e. The fourth-order valence-electron chi connectivity index (χ4n) is 2.50. The number of benzene rings is 2. The van der Waals surface area contributed by atoms with Crippen molar-refractivity contribution in [2.75, 3.05) is 12.4 Å². The van der Waals surface area contributed by atoms with Gasteiger partial charge in [0.25, 0.3) is 0 Å². The predicted molar refractivity (Wildman–Crippen MR) is 111 cm³/mol. The molecule has 0 radical (unpaired) electrons. The highest BCUT2D eigenvalue weighted by molar-refractivity contribution is 6.02. The third kappa shape index (κ3) is 5.67. The average molecular weight is 397 g/mol. The first-order valence-electron chi connectivity index (χ1n) is 9.34. The third-order valence-corrected chi connectivity index (χ3v) is 4.41. The molecule has 0 aliphatic rings. The summed E-state index contributed by atoms with van der Waals surface area (Å²) < 4.78 is 10.5. The van der Waals surface area contributed by atoms with Gasteiger partial charge in [0.05, 0.1) is 12.7 Å². The highest BCUT2D eigenvalue weighted by atomic mass is 16.5. The number of ketones is 1. The average Bonchev–Trinajstić information content (AvgIpc) is 2.67. The first-order valence-corrected chi connectivity index (χ1v) is 9.34. The van der Waals surface area contributed by atoms with Gasteiger partial charge >= 0.3 is 5.97 Å². The number of esters is 1. The van der Waals surface area contributed by atoms with Crippen molar-refractivity contribution in [3.05, 3.63) is 59.2 Å². The molecule has 1 N–H and O–H groups in total. The third-order valence-electron chi connectivity index (χ3n) is 4.41. The highest BCUT2D eigenvalue weighted by Gasteiger charge is 2.23. The van der Waals surface area contributed by atoms with Crippen LogP contribution in [0.2, 0.25) is 0 Å². The molecule has 1 atom stereocenters. The Kier molecular flexibility index (Phi) is 6.80. The van der Waals surface area contributed by atoms with Crippen molar-refractivity contribution in [2.24, 2.45) is 5.41 Å². The molecule has 154 valence electrons. The molecule has 0 aliphatic heterocycles. The maximum absolute atomic E-state index is 12.6. The molecule has 0 heterocycles. The van der Waals surface area contributed by atoms with Gasteiger partial charge in [0.1, 0.15) is 5.75 Å². The van der Waals surface area contributed by atoms with E-state index in [2.05, 4.69) is 5.32 Å². The Bertz CT molecular complexity index is 910. The summed E-state index contributed by atoms with van der Waals surface area (Å²) in [5.74, 6) is -0.469. The number of nitrogens with one attached hydrogen (secondary N) is 1. The zero-order chi connectivity index (χ0) is 21.8. The summed E-state index contributed by atoms with van der Waals surface area (Å²) >= 11 is 0. The second-order valence-corrected chi connectivity index (χ2v) is 7.88. The Morgan fingerprint density at radius 2 is 1.55 bits per heavy atom. The van der Waals surface area contributed by atoms with E-state index in [1.54, 1.807) is 42.5 Å². The molecule has 2 aromatic carbocycles. The van der Waals surface area contributed by atoms with Crippen molar-refractivity contribution < 1.29 is 23.9 Å². The number of amides is 1. The fraction of sp³-hybridized carbons (Fsp3) is 0.348. The van der Waals surface area contributed by atoms with Gasteiger partial charge in [-0.25, -0.2) is 4.79 Å². The van der Waals surface area contributed by atoms with Crippen LogP contribution in [0.25, 0.3) is 0 Å². The van der Waals surface area contributed by atoms with E-state index >= 15 is 0 Å². The molecule has 0 unspecified atom stereocenters. The van der Waals surface area contributed by atoms with Crippen LogP contribution in [0.3, 0.4) is 0 Å². The Hall–Kier alpha value is -3.15. The Labute approximate surface area is 171 Å². The number of hydrogen-bond donors (Lipinski definition) is 1. The number of aryl methyl sites for hydroxylation is 1. The van der Waals surface area contributed by atoms with Crippen LogP contribution in [0.15, 0.2) is 42.5 Å². The molecule has 2 rings (SSSR count). The molecule has 2 aromatic rings. The second-order valence-electron chi connectivity index (χ2n) is 7.88. The summed E-state index contributed by atoms with van der Waals surface area (Å²) in [6, 6.07) is 11.5. The fourth-order valence-corrected chi connectivity index (χ4v) is 2.50. The zero-order valence-corrected chi connectivity index (χ0v) is 17.7. The molecule has 0 spiro atoms. The van der Waals surface area contributed by atoms with Gasteiger partial charge in [-0.05, 0) is 55.8 Å². The van der Waals surface area contributed by atoms with Crippen LogP contribution in [0, 0.1) is 12.3 Å². The van der Waals surface area contributed by atoms with E-state index in [1.807, 2.05) is 27.7 Å². The number of rotatable bonds is 6. The first-order chi connectivity index (χ1) is 13.5. The summed E-state index contributed by atoms with van der Waals surface area (Å²) in [6.07, 6.45) is -0.954. The number of Topliss-reactive ketones (excluding diaryl/α,β-unsaturated/α-hetero) is 1. The van der Waals surface area contributed by atoms with E-state index in [1.165, 1.54) is 14.0 Å². The van der Waals surface area contributed by atoms with Crippen molar-refractivity contribution in [1.82, 2.24) is 0 Å². The van der Waals surface area contributed by atoms with Gasteiger partial charge in [-0.3, -0.25) is 9.59 Å². The van der Waals surface area contributed by atoms with E-state index in [4.69, 9.17) is 9.47 Å². The van der Waals surface area contributed by atoms with Gasteiger partial charge in [-0.1, -0.05) is 26.8 Å². The minimum Gasteiger partial charge on any atom is -0.496 e. The summed E-state index contributed by atoms with van der Waals surface area (Å²) in [5.41, 5.74) is 1.67. The van der Waals surface area contributed by atoms with Crippen LogP contribution in [-0.4, -0.2) is 30.9 Å². The first kappa shape index (κ1) is 22.1. The highest BCUT2D eigenvalue weighted by Crippen LogP contribution is 2.21. The molecular formula is C23H27NO5. The number of anilines is 1. The van der Waals surface area contributed by atoms with Gasteiger partial charge in [0.2, 0.25) is 11.7 Å². The molecule has 29 heavy (non-hydrogen) atoms. The molecule has 0 saturated carbocycles. The zero-order valence-electron chi connectivity index (χ0n) is 17.7. The minimum absolute atomic E-state index is 0.118. The maximum Gasteiger partial charge on any atom is 0.338 e. The number of ether oxygens (including phenoxy) is 2. The molecular weight excluding hydrogens is 370 g/mol. The quantitative estimate of drug-likeness (QED) is 0.576. The van der Waals surface area contributed by atoms with E-state index in [0.717, 1.165) is 5.56 Å². The normalized spacial score (nSPS) is 12.1. The summed E-state index contributed by atoms with van der Waals surface area (Å²) in [7, 11) is 1.52. The van der Waals surface area contributed by atoms with Gasteiger partial charge < -0.3 is 14.8 Å². The molecule has 0 fully saturated rings. The van der Waals surface area contributed by atoms with Crippen molar-refractivity contribution in [3.8, 4) is 5.75 Å². The Morgan fingerprint density at radius 1 is 0.966 bits per heavy atom. The predicted octanol–water partition coefficient (Wildman–Crippen LogP) is 4.42. The van der Waals surface area contributed by atoms with Crippen LogP contribution in [0.5, 0.6) is 5.75 Å². The van der Waals surface area contributed by atoms with Crippen LogP contribution in [-0.2, 0) is 9.53 Å². The van der Waals surface area contributed by atoms with Crippen molar-refractivity contribution in [3.63, 3.8) is 0 Å². The van der Waals surface area contributed by atoms with E-state index in [-0.39, 0.29) is 11.7 Å². The second kappa shape index (κ2) is 8.90. The van der Waals surface area contributed by atoms with Crippen molar-refractivity contribution in [1.29, 1.82) is 0 Å². The van der Waals surface area contributed by atoms with Crippen LogP contribution in [0.4, 0.5) is 5.69 Å². The van der Waals surface area contributed by atoms with Crippen LogP contribution >= 0.6 is 0 Å². The lowest BCUT2D eigenvalue weighted by molar-refractivity contribution is -0.123. The monoisotopic (exact) mass is 397 g/mol. The lowest BCUT2D eigenvalue weighted by atomic mass is 9.95. The van der Waals surface area contributed by atoms with Gasteiger partial charge in [0, 0.05) is 16.7 Å². The van der Waals surface area contributed by atoms with Crippen molar-refractivity contribution >= 4 is 23.3 Å². The van der Waals surface area contributed by atoms with Gasteiger partial charge in [-0.15, -0.1) is 0 Å². The molecule has 0 aromatic heterocycles. The summed E-state index contributed by atoms with van der Waals surface area (Å²) in [4.78, 5) is 37.0. The van der Waals surface area contributed by atoms with Crippen LogP contribution < -0.4 is 10.1 Å². The topological polar surface area (TPSA) is 81.7 Å². The van der Waals surface area contributed by atoms with E-state index in [0.29, 0.717) is 22.6 Å². The largest absolute Gasteiger partial charge is 0.496 e. The summed E-state index contributed by atoms with van der Waals surface area (Å²) in [5, 5.41) is 2.80. The maximum atomic E-state index is 12.6. The lowest BCUT2D eigenvalue weighted by Gasteiger charge is -2.18. The standard InChI is InChI=1S/C23H27NO5/c1-14-7-8-17(13-19(14)28-6)21(26)29-15(2)20(25)16-9-11-18(12-10-16)24-22(27)23(3,4)5/h7-13,15H,1-6H3,(H,24,27)/t15-/m1/s1. The van der Waals surface area contributed by atoms with Gasteiger partial charge in [0.15, 0.2) is 6.10 Å². The molecule has 6 nitrogen and oxygen atoms in total. The van der Waals surface area contributed by atoms with Gasteiger partial charge in [-0.2, -0.15) is 0 Å². The van der Waals surface area contributed by atoms with Crippen molar-refractivity contribution in [2.45, 2.75) is 40.7 Å². The number of carbonyl (C=O) groups is 3. The van der Waals surface area contributed by atoms with E-state index < -0.39 is 17.5 Å². The SMILES string of the molecule is COc1cc(C(=O)O[C@H](C)C(=O)c2ccc(NC(=O)C(C)(C)C)cc2)ccc1C. The molecule has 0 bridgehead atoms.